The highest BCUT2D eigenvalue weighted by Gasteiger charge is 2.29. The number of aliphatic carboxylic acids is 1. The van der Waals surface area contributed by atoms with Crippen molar-refractivity contribution >= 4 is 22.9 Å². The smallest absolute Gasteiger partial charge is 0.347 e. The number of carbonyl (C=O) groups is 2. The number of nitrogens with zero attached hydrogens (tertiary/aromatic N) is 3. The molecule has 10 nitrogen and oxygen atoms in total. The van der Waals surface area contributed by atoms with Gasteiger partial charge in [0.2, 0.25) is 5.88 Å². The average Bonchev–Trinajstić information content (AvgIpc) is 3.26. The highest BCUT2D eigenvalue weighted by molar-refractivity contribution is 5.96. The van der Waals surface area contributed by atoms with Gasteiger partial charge < -0.3 is 19.9 Å². The van der Waals surface area contributed by atoms with Crippen LogP contribution < -0.4 is 14.8 Å². The van der Waals surface area contributed by atoms with E-state index in [1.807, 2.05) is 0 Å². The van der Waals surface area contributed by atoms with Gasteiger partial charge in [0.15, 0.2) is 5.60 Å². The number of carbonyl (C=O) groups excluding carboxylic acids is 1. The number of aromatic nitrogens is 3. The lowest BCUT2D eigenvalue weighted by molar-refractivity contribution is -0.152. The van der Waals surface area contributed by atoms with Gasteiger partial charge in [-0.15, -0.1) is 0 Å². The first-order valence-corrected chi connectivity index (χ1v) is 10.1. The van der Waals surface area contributed by atoms with Gasteiger partial charge in [-0.05, 0) is 54.5 Å². The van der Waals surface area contributed by atoms with Crippen molar-refractivity contribution in [3.63, 3.8) is 0 Å². The molecule has 4 aromatic rings. The van der Waals surface area contributed by atoms with Crippen LogP contribution in [-0.4, -0.2) is 37.9 Å². The van der Waals surface area contributed by atoms with Gasteiger partial charge in [0.1, 0.15) is 33.9 Å². The molecule has 0 aliphatic carbocycles. The van der Waals surface area contributed by atoms with E-state index in [1.54, 1.807) is 24.3 Å². The van der Waals surface area contributed by atoms with E-state index in [-0.39, 0.29) is 29.3 Å². The average molecular weight is 466 g/mol. The summed E-state index contributed by atoms with van der Waals surface area (Å²) in [6, 6.07) is 11.9. The van der Waals surface area contributed by atoms with Crippen LogP contribution in [0.25, 0.3) is 11.0 Å². The number of pyridine rings is 1. The first kappa shape index (κ1) is 22.6. The molecule has 0 bridgehead atoms. The largest absolute Gasteiger partial charge is 0.478 e. The number of carboxylic acids is 1. The fraction of sp³-hybridized carbons (Fsp3) is 0.174. The van der Waals surface area contributed by atoms with Crippen LogP contribution in [0.2, 0.25) is 0 Å². The third kappa shape index (κ3) is 4.93. The lowest BCUT2D eigenvalue weighted by Gasteiger charge is -2.21. The Hall–Kier alpha value is -4.54. The van der Waals surface area contributed by atoms with Crippen molar-refractivity contribution in [2.45, 2.75) is 26.0 Å². The summed E-state index contributed by atoms with van der Waals surface area (Å²) in [6.07, 6.45) is 1.47. The van der Waals surface area contributed by atoms with Gasteiger partial charge in [0.05, 0.1) is 0 Å². The molecule has 0 aliphatic heterocycles. The number of hydrogen-bond acceptors (Lipinski definition) is 8. The quantitative estimate of drug-likeness (QED) is 0.398. The molecule has 0 atom stereocenters. The maximum absolute atomic E-state index is 14.5. The molecule has 0 spiro atoms. The van der Waals surface area contributed by atoms with Gasteiger partial charge >= 0.3 is 5.97 Å². The number of amides is 1. The number of hydrogen-bond donors (Lipinski definition) is 2. The van der Waals surface area contributed by atoms with Crippen molar-refractivity contribution in [2.75, 3.05) is 0 Å². The van der Waals surface area contributed by atoms with E-state index < -0.39 is 23.3 Å². The summed E-state index contributed by atoms with van der Waals surface area (Å²) in [5, 5.41) is 19.2. The molecule has 2 aromatic carbocycles. The molecule has 2 heterocycles. The summed E-state index contributed by atoms with van der Waals surface area (Å²) in [4.78, 5) is 28.1. The molecule has 2 N–H and O–H groups in total. The van der Waals surface area contributed by atoms with Crippen molar-refractivity contribution in [3.8, 4) is 17.4 Å². The number of rotatable bonds is 8. The number of carboxylic acid groups (broad SMARTS) is 1. The molecule has 11 heteroatoms. The fourth-order valence-corrected chi connectivity index (χ4v) is 2.93. The van der Waals surface area contributed by atoms with E-state index in [2.05, 4.69) is 25.2 Å². The Balaban J connectivity index is 1.45. The predicted molar refractivity (Wildman–Crippen MR) is 116 cm³/mol. The van der Waals surface area contributed by atoms with Crippen molar-refractivity contribution in [2.24, 2.45) is 0 Å². The van der Waals surface area contributed by atoms with Crippen LogP contribution in [0.5, 0.6) is 17.4 Å². The standard InChI is InChI=1S/C23H19FN4O6/c1-23(2,22(30)31)33-15-6-5-13(17(24)10-15)12-26-20(29)16-4-3-9-25-21(16)32-14-7-8-18-19(11-14)28-34-27-18/h3-11H,12H2,1-2H3,(H,26,29)(H,30,31). The van der Waals surface area contributed by atoms with Crippen molar-refractivity contribution < 1.29 is 33.2 Å². The summed E-state index contributed by atoms with van der Waals surface area (Å²) >= 11 is 0. The summed E-state index contributed by atoms with van der Waals surface area (Å²) in [6.45, 7) is 2.59. The minimum absolute atomic E-state index is 0.0518. The zero-order valence-corrected chi connectivity index (χ0v) is 18.1. The van der Waals surface area contributed by atoms with E-state index in [9.17, 15) is 14.0 Å². The Bertz CT molecular complexity index is 1370. The Morgan fingerprint density at radius 2 is 1.85 bits per heavy atom. The monoisotopic (exact) mass is 466 g/mol. The summed E-state index contributed by atoms with van der Waals surface area (Å²) < 4.78 is 30.2. The van der Waals surface area contributed by atoms with Crippen molar-refractivity contribution in [1.29, 1.82) is 0 Å². The molecule has 2 aromatic heterocycles. The second-order valence-electron chi connectivity index (χ2n) is 7.73. The Morgan fingerprint density at radius 3 is 2.62 bits per heavy atom. The van der Waals surface area contributed by atoms with Crippen LogP contribution in [0.15, 0.2) is 59.4 Å². The third-order valence-electron chi connectivity index (χ3n) is 4.81. The molecule has 0 fully saturated rings. The highest BCUT2D eigenvalue weighted by atomic mass is 19.1. The zero-order valence-electron chi connectivity index (χ0n) is 18.1. The summed E-state index contributed by atoms with van der Waals surface area (Å²) in [5.74, 6) is -1.88. The Kier molecular flexibility index (Phi) is 6.09. The molecule has 0 aliphatic rings. The first-order valence-electron chi connectivity index (χ1n) is 10.1. The molecule has 1 amide bonds. The zero-order chi connectivity index (χ0) is 24.3. The van der Waals surface area contributed by atoms with Gasteiger partial charge in [0, 0.05) is 30.4 Å². The molecule has 174 valence electrons. The minimum atomic E-state index is -1.52. The van der Waals surface area contributed by atoms with Crippen LogP contribution >= 0.6 is 0 Å². The van der Waals surface area contributed by atoms with E-state index in [0.717, 1.165) is 6.07 Å². The molecule has 0 saturated carbocycles. The maximum Gasteiger partial charge on any atom is 0.347 e. The van der Waals surface area contributed by atoms with Gasteiger partial charge in [-0.3, -0.25) is 4.79 Å². The third-order valence-corrected chi connectivity index (χ3v) is 4.81. The molecule has 34 heavy (non-hydrogen) atoms. The molecule has 0 saturated heterocycles. The SMILES string of the molecule is CC(C)(Oc1ccc(CNC(=O)c2cccnc2Oc2ccc3nonc3c2)c(F)c1)C(=O)O. The normalized spacial score (nSPS) is 11.3. The molecular weight excluding hydrogens is 447 g/mol. The van der Waals surface area contributed by atoms with Crippen LogP contribution in [0, 0.1) is 5.82 Å². The van der Waals surface area contributed by atoms with Crippen molar-refractivity contribution in [3.05, 3.63) is 71.7 Å². The highest BCUT2D eigenvalue weighted by Crippen LogP contribution is 2.26. The second kappa shape index (κ2) is 9.14. The van der Waals surface area contributed by atoms with Crippen LogP contribution in [0.1, 0.15) is 29.8 Å². The van der Waals surface area contributed by atoms with Gasteiger partial charge in [-0.1, -0.05) is 6.07 Å². The lowest BCUT2D eigenvalue weighted by Crippen LogP contribution is -2.37. The number of benzene rings is 2. The Morgan fingerprint density at radius 1 is 1.09 bits per heavy atom. The molecule has 0 radical (unpaired) electrons. The fourth-order valence-electron chi connectivity index (χ4n) is 2.93. The molecule has 4 rings (SSSR count). The number of nitrogens with one attached hydrogen (secondary N) is 1. The lowest BCUT2D eigenvalue weighted by atomic mass is 10.1. The van der Waals surface area contributed by atoms with E-state index in [0.29, 0.717) is 16.8 Å². The summed E-state index contributed by atoms with van der Waals surface area (Å²) in [7, 11) is 0. The minimum Gasteiger partial charge on any atom is -0.478 e. The van der Waals surface area contributed by atoms with Gasteiger partial charge in [-0.25, -0.2) is 18.8 Å². The van der Waals surface area contributed by atoms with Gasteiger partial charge in [-0.2, -0.15) is 0 Å². The van der Waals surface area contributed by atoms with E-state index >= 15 is 0 Å². The van der Waals surface area contributed by atoms with Gasteiger partial charge in [0.25, 0.3) is 5.91 Å². The van der Waals surface area contributed by atoms with Crippen LogP contribution in [-0.2, 0) is 11.3 Å². The Labute approximate surface area is 192 Å². The summed E-state index contributed by atoms with van der Waals surface area (Å²) in [5.41, 5.74) is -0.160. The number of fused-ring (bicyclic) bond motifs is 1. The van der Waals surface area contributed by atoms with Crippen LogP contribution in [0.4, 0.5) is 4.39 Å². The number of ether oxygens (including phenoxy) is 2. The van der Waals surface area contributed by atoms with Crippen molar-refractivity contribution in [1.82, 2.24) is 20.6 Å². The maximum atomic E-state index is 14.5. The number of halogens is 1. The topological polar surface area (TPSA) is 137 Å². The van der Waals surface area contributed by atoms with E-state index in [4.69, 9.17) is 14.6 Å². The van der Waals surface area contributed by atoms with E-state index in [1.165, 1.54) is 38.2 Å². The molecular formula is C23H19FN4O6. The first-order chi connectivity index (χ1) is 16.2. The second-order valence-corrected chi connectivity index (χ2v) is 7.73. The van der Waals surface area contributed by atoms with Crippen LogP contribution in [0.3, 0.4) is 0 Å². The molecule has 0 unspecified atom stereocenters. The predicted octanol–water partition coefficient (Wildman–Crippen LogP) is 3.72.